The Labute approximate surface area is 203 Å². The maximum atomic E-state index is 5.98. The van der Waals surface area contributed by atoms with Crippen molar-refractivity contribution in [2.75, 3.05) is 0 Å². The Bertz CT molecular complexity index is 1200. The highest BCUT2D eigenvalue weighted by atomic mass is 32.2. The van der Waals surface area contributed by atoms with Crippen LogP contribution in [0.5, 0.6) is 34.5 Å². The minimum Gasteiger partial charge on any atom is -0.457 e. The van der Waals surface area contributed by atoms with Crippen molar-refractivity contribution in [2.24, 2.45) is 0 Å². The lowest BCUT2D eigenvalue weighted by atomic mass is 10.3. The van der Waals surface area contributed by atoms with Crippen molar-refractivity contribution in [1.29, 1.82) is 0 Å². The van der Waals surface area contributed by atoms with Crippen LogP contribution in [0, 0.1) is 0 Å². The van der Waals surface area contributed by atoms with Crippen LogP contribution >= 0.6 is 11.8 Å². The third-order valence-electron chi connectivity index (χ3n) is 4.90. The van der Waals surface area contributed by atoms with Crippen LogP contribution < -0.4 is 14.2 Å². The van der Waals surface area contributed by atoms with Gasteiger partial charge in [-0.15, -0.1) is 0 Å². The molecule has 5 aromatic carbocycles. The van der Waals surface area contributed by atoms with Gasteiger partial charge in [0.25, 0.3) is 0 Å². The quantitative estimate of drug-likeness (QED) is 0.230. The summed E-state index contributed by atoms with van der Waals surface area (Å²) in [5.74, 6) is 4.77. The number of para-hydroxylation sites is 2. The first kappa shape index (κ1) is 21.7. The molecule has 166 valence electrons. The molecule has 0 saturated heterocycles. The number of hydrogen-bond acceptors (Lipinski definition) is 4. The molecule has 0 aromatic heterocycles. The van der Waals surface area contributed by atoms with E-state index in [0.717, 1.165) is 44.3 Å². The van der Waals surface area contributed by atoms with Gasteiger partial charge in [-0.25, -0.2) is 0 Å². The van der Waals surface area contributed by atoms with E-state index in [1.54, 1.807) is 11.8 Å². The minimum absolute atomic E-state index is 0.759. The molecule has 0 spiro atoms. The van der Waals surface area contributed by atoms with E-state index in [1.807, 2.05) is 109 Å². The fraction of sp³-hybridized carbons (Fsp3) is 0. The van der Waals surface area contributed by atoms with Crippen LogP contribution in [0.15, 0.2) is 143 Å². The first-order chi connectivity index (χ1) is 16.8. The van der Waals surface area contributed by atoms with Crippen LogP contribution in [-0.4, -0.2) is 0 Å². The standard InChI is InChI=1S/C30H22O3S/c1-3-7-23(8-4-1)31-25-11-13-26(14-12-25)33-28-17-21-30(22-18-28)34-29-19-15-27(16-20-29)32-24-9-5-2-6-10-24/h1-22H. The van der Waals surface area contributed by atoms with Gasteiger partial charge in [-0.05, 0) is 97.1 Å². The molecule has 0 aliphatic carbocycles. The Morgan fingerprint density at radius 3 is 0.882 bits per heavy atom. The van der Waals surface area contributed by atoms with Gasteiger partial charge in [0.15, 0.2) is 0 Å². The van der Waals surface area contributed by atoms with E-state index in [0.29, 0.717) is 0 Å². The molecular formula is C30H22O3S. The van der Waals surface area contributed by atoms with Gasteiger partial charge in [0.05, 0.1) is 0 Å². The SMILES string of the molecule is c1ccc(Oc2ccc(Oc3ccc(Sc4ccc(Oc5ccccc5)cc4)cc3)cc2)cc1. The van der Waals surface area contributed by atoms with Gasteiger partial charge < -0.3 is 14.2 Å². The van der Waals surface area contributed by atoms with Crippen molar-refractivity contribution in [3.8, 4) is 34.5 Å². The average molecular weight is 463 g/mol. The molecule has 0 radical (unpaired) electrons. The van der Waals surface area contributed by atoms with Gasteiger partial charge in [0, 0.05) is 9.79 Å². The molecule has 0 unspecified atom stereocenters. The van der Waals surface area contributed by atoms with E-state index in [1.165, 1.54) is 0 Å². The van der Waals surface area contributed by atoms with Crippen molar-refractivity contribution in [1.82, 2.24) is 0 Å². The summed E-state index contributed by atoms with van der Waals surface area (Å²) < 4.78 is 17.7. The summed E-state index contributed by atoms with van der Waals surface area (Å²) in [4.78, 5) is 2.28. The maximum Gasteiger partial charge on any atom is 0.127 e. The molecule has 0 atom stereocenters. The predicted molar refractivity (Wildman–Crippen MR) is 137 cm³/mol. The maximum absolute atomic E-state index is 5.98. The van der Waals surface area contributed by atoms with Gasteiger partial charge in [0.1, 0.15) is 34.5 Å². The Kier molecular flexibility index (Phi) is 6.79. The zero-order valence-corrected chi connectivity index (χ0v) is 19.2. The minimum atomic E-state index is 0.759. The van der Waals surface area contributed by atoms with Crippen LogP contribution in [0.2, 0.25) is 0 Å². The largest absolute Gasteiger partial charge is 0.457 e. The lowest BCUT2D eigenvalue weighted by Crippen LogP contribution is -1.86. The average Bonchev–Trinajstić information content (AvgIpc) is 2.89. The summed E-state index contributed by atoms with van der Waals surface area (Å²) in [6, 6.07) is 43.3. The number of ether oxygens (including phenoxy) is 3. The fourth-order valence-electron chi connectivity index (χ4n) is 3.25. The number of benzene rings is 5. The molecule has 4 heteroatoms. The van der Waals surface area contributed by atoms with E-state index in [-0.39, 0.29) is 0 Å². The molecule has 34 heavy (non-hydrogen) atoms. The molecule has 0 bridgehead atoms. The molecule has 5 rings (SSSR count). The molecule has 0 aliphatic rings. The first-order valence-electron chi connectivity index (χ1n) is 10.9. The van der Waals surface area contributed by atoms with Gasteiger partial charge in [-0.1, -0.05) is 48.2 Å². The molecule has 3 nitrogen and oxygen atoms in total. The van der Waals surface area contributed by atoms with Gasteiger partial charge in [0.2, 0.25) is 0 Å². The zero-order chi connectivity index (χ0) is 23.0. The highest BCUT2D eigenvalue weighted by Gasteiger charge is 2.03. The highest BCUT2D eigenvalue weighted by molar-refractivity contribution is 7.99. The Hall–Kier alpha value is -4.15. The van der Waals surface area contributed by atoms with Crippen molar-refractivity contribution in [3.05, 3.63) is 133 Å². The third-order valence-corrected chi connectivity index (χ3v) is 5.92. The summed E-state index contributed by atoms with van der Waals surface area (Å²) in [5, 5.41) is 0. The summed E-state index contributed by atoms with van der Waals surface area (Å²) in [6.45, 7) is 0. The zero-order valence-electron chi connectivity index (χ0n) is 18.3. The van der Waals surface area contributed by atoms with Crippen LogP contribution in [0.1, 0.15) is 0 Å². The van der Waals surface area contributed by atoms with E-state index in [4.69, 9.17) is 14.2 Å². The molecule has 0 saturated carbocycles. The number of hydrogen-bond donors (Lipinski definition) is 0. The van der Waals surface area contributed by atoms with Crippen LogP contribution in [-0.2, 0) is 0 Å². The Morgan fingerprint density at radius 2 is 0.559 bits per heavy atom. The monoisotopic (exact) mass is 462 g/mol. The van der Waals surface area contributed by atoms with Gasteiger partial charge in [-0.2, -0.15) is 0 Å². The molecular weight excluding hydrogens is 440 g/mol. The highest BCUT2D eigenvalue weighted by Crippen LogP contribution is 2.32. The molecule has 5 aromatic rings. The van der Waals surface area contributed by atoms with Crippen LogP contribution in [0.3, 0.4) is 0 Å². The Balaban J connectivity index is 1.15. The summed E-state index contributed by atoms with van der Waals surface area (Å²) in [7, 11) is 0. The molecule has 0 heterocycles. The summed E-state index contributed by atoms with van der Waals surface area (Å²) >= 11 is 1.69. The van der Waals surface area contributed by atoms with Crippen molar-refractivity contribution in [2.45, 2.75) is 9.79 Å². The second-order valence-electron chi connectivity index (χ2n) is 7.45. The normalized spacial score (nSPS) is 10.5. The molecule has 0 aliphatic heterocycles. The van der Waals surface area contributed by atoms with Gasteiger partial charge in [-0.3, -0.25) is 0 Å². The van der Waals surface area contributed by atoms with Crippen molar-refractivity contribution >= 4 is 11.8 Å². The lowest BCUT2D eigenvalue weighted by Gasteiger charge is -2.09. The third kappa shape index (κ3) is 6.00. The topological polar surface area (TPSA) is 27.7 Å². The second kappa shape index (κ2) is 10.6. The van der Waals surface area contributed by atoms with E-state index >= 15 is 0 Å². The predicted octanol–water partition coefficient (Wildman–Crippen LogP) is 9.21. The Morgan fingerprint density at radius 1 is 0.294 bits per heavy atom. The van der Waals surface area contributed by atoms with Crippen molar-refractivity contribution < 1.29 is 14.2 Å². The lowest BCUT2D eigenvalue weighted by molar-refractivity contribution is 0.469. The smallest absolute Gasteiger partial charge is 0.127 e. The molecule has 0 N–H and O–H groups in total. The van der Waals surface area contributed by atoms with Crippen molar-refractivity contribution in [3.63, 3.8) is 0 Å². The van der Waals surface area contributed by atoms with E-state index in [9.17, 15) is 0 Å². The van der Waals surface area contributed by atoms with Crippen LogP contribution in [0.4, 0.5) is 0 Å². The fourth-order valence-corrected chi connectivity index (χ4v) is 4.07. The van der Waals surface area contributed by atoms with E-state index < -0.39 is 0 Å². The molecule has 0 amide bonds. The second-order valence-corrected chi connectivity index (χ2v) is 8.60. The molecule has 0 fully saturated rings. The van der Waals surface area contributed by atoms with E-state index in [2.05, 4.69) is 24.3 Å². The van der Waals surface area contributed by atoms with Gasteiger partial charge >= 0.3 is 0 Å². The van der Waals surface area contributed by atoms with Crippen LogP contribution in [0.25, 0.3) is 0 Å². The first-order valence-corrected chi connectivity index (χ1v) is 11.7. The number of rotatable bonds is 8. The summed E-state index contributed by atoms with van der Waals surface area (Å²) in [6.07, 6.45) is 0. The summed E-state index contributed by atoms with van der Waals surface area (Å²) in [5.41, 5.74) is 0.